The van der Waals surface area contributed by atoms with Crippen molar-refractivity contribution in [1.29, 1.82) is 5.26 Å². The number of rotatable bonds is 6. The first-order valence-electron chi connectivity index (χ1n) is 8.85. The Labute approximate surface area is 157 Å². The zero-order valence-corrected chi connectivity index (χ0v) is 15.1. The van der Waals surface area contributed by atoms with Gasteiger partial charge in [0.1, 0.15) is 17.7 Å². The standard InChI is InChI=1S/C18H22N8O/c1-12(27)25-16-10-24-17(26-18-11-21-14(7-19)9-23-18)6-15(16)22-8-13-2-4-20-5-3-13/h6,9-11,13,20H,2-5,8H2,1H3,(H,25,27)(H2,22,23,24,26). The van der Waals surface area contributed by atoms with Crippen molar-refractivity contribution in [2.24, 2.45) is 5.92 Å². The fourth-order valence-electron chi connectivity index (χ4n) is 2.88. The molecule has 2 aromatic rings. The molecule has 140 valence electrons. The predicted octanol–water partition coefficient (Wildman–Crippen LogP) is 1.86. The van der Waals surface area contributed by atoms with Gasteiger partial charge in [0.2, 0.25) is 5.91 Å². The molecule has 0 bridgehead atoms. The van der Waals surface area contributed by atoms with Crippen LogP contribution in [0.15, 0.2) is 24.7 Å². The lowest BCUT2D eigenvalue weighted by Gasteiger charge is -2.24. The van der Waals surface area contributed by atoms with Gasteiger partial charge in [-0.3, -0.25) is 4.79 Å². The number of aromatic nitrogens is 3. The SMILES string of the molecule is CC(=O)Nc1cnc(Nc2cnc(C#N)cn2)cc1NCC1CCNCC1. The third-order valence-electron chi connectivity index (χ3n) is 4.28. The summed E-state index contributed by atoms with van der Waals surface area (Å²) in [4.78, 5) is 23.9. The normalized spacial score (nSPS) is 14.2. The zero-order chi connectivity index (χ0) is 19.1. The first-order valence-corrected chi connectivity index (χ1v) is 8.85. The van der Waals surface area contributed by atoms with Crippen molar-refractivity contribution in [2.75, 3.05) is 35.6 Å². The number of nitriles is 1. The molecule has 0 aliphatic carbocycles. The summed E-state index contributed by atoms with van der Waals surface area (Å²) in [6.07, 6.45) is 6.72. The summed E-state index contributed by atoms with van der Waals surface area (Å²) in [5, 5.41) is 21.4. The highest BCUT2D eigenvalue weighted by Crippen LogP contribution is 2.26. The lowest BCUT2D eigenvalue weighted by molar-refractivity contribution is -0.114. The molecule has 0 saturated carbocycles. The molecular formula is C18H22N8O. The second-order valence-corrected chi connectivity index (χ2v) is 6.39. The Morgan fingerprint density at radius 1 is 1.19 bits per heavy atom. The van der Waals surface area contributed by atoms with E-state index in [1.54, 1.807) is 6.20 Å². The summed E-state index contributed by atoms with van der Waals surface area (Å²) in [7, 11) is 0. The minimum Gasteiger partial charge on any atom is -0.383 e. The van der Waals surface area contributed by atoms with Crippen LogP contribution in [0, 0.1) is 17.2 Å². The van der Waals surface area contributed by atoms with Crippen LogP contribution in [0.4, 0.5) is 23.0 Å². The monoisotopic (exact) mass is 366 g/mol. The summed E-state index contributed by atoms with van der Waals surface area (Å²) >= 11 is 0. The number of hydrogen-bond acceptors (Lipinski definition) is 8. The maximum Gasteiger partial charge on any atom is 0.221 e. The van der Waals surface area contributed by atoms with Crippen molar-refractivity contribution >= 4 is 28.9 Å². The van der Waals surface area contributed by atoms with Crippen LogP contribution in [-0.2, 0) is 4.79 Å². The average molecular weight is 366 g/mol. The number of anilines is 4. The molecular weight excluding hydrogens is 344 g/mol. The fourth-order valence-corrected chi connectivity index (χ4v) is 2.88. The minimum atomic E-state index is -0.152. The Balaban J connectivity index is 1.74. The van der Waals surface area contributed by atoms with Gasteiger partial charge < -0.3 is 21.3 Å². The maximum atomic E-state index is 11.5. The molecule has 0 atom stereocenters. The molecule has 9 heteroatoms. The molecule has 1 fully saturated rings. The molecule has 27 heavy (non-hydrogen) atoms. The van der Waals surface area contributed by atoms with Crippen molar-refractivity contribution in [2.45, 2.75) is 19.8 Å². The smallest absolute Gasteiger partial charge is 0.221 e. The van der Waals surface area contributed by atoms with E-state index in [-0.39, 0.29) is 11.6 Å². The van der Waals surface area contributed by atoms with Gasteiger partial charge in [0, 0.05) is 19.5 Å². The summed E-state index contributed by atoms with van der Waals surface area (Å²) in [5.41, 5.74) is 1.68. The average Bonchev–Trinajstić information content (AvgIpc) is 2.69. The van der Waals surface area contributed by atoms with E-state index in [9.17, 15) is 4.79 Å². The second kappa shape index (κ2) is 8.91. The predicted molar refractivity (Wildman–Crippen MR) is 103 cm³/mol. The van der Waals surface area contributed by atoms with Crippen LogP contribution >= 0.6 is 0 Å². The molecule has 1 amide bonds. The maximum absolute atomic E-state index is 11.5. The molecule has 2 aromatic heterocycles. The van der Waals surface area contributed by atoms with Gasteiger partial charge in [0.05, 0.1) is 30.0 Å². The summed E-state index contributed by atoms with van der Waals surface area (Å²) in [6, 6.07) is 3.75. The molecule has 0 spiro atoms. The second-order valence-electron chi connectivity index (χ2n) is 6.39. The Morgan fingerprint density at radius 3 is 2.63 bits per heavy atom. The molecule has 1 aliphatic rings. The Kier molecular flexibility index (Phi) is 6.12. The highest BCUT2D eigenvalue weighted by atomic mass is 16.1. The van der Waals surface area contributed by atoms with E-state index in [2.05, 4.69) is 36.2 Å². The van der Waals surface area contributed by atoms with Crippen molar-refractivity contribution in [3.63, 3.8) is 0 Å². The number of piperidine rings is 1. The molecule has 0 unspecified atom stereocenters. The number of carbonyl (C=O) groups is 1. The van der Waals surface area contributed by atoms with Gasteiger partial charge in [-0.05, 0) is 31.8 Å². The van der Waals surface area contributed by atoms with E-state index in [4.69, 9.17) is 5.26 Å². The van der Waals surface area contributed by atoms with Crippen LogP contribution in [0.3, 0.4) is 0 Å². The molecule has 0 radical (unpaired) electrons. The summed E-state index contributed by atoms with van der Waals surface area (Å²) in [6.45, 7) is 4.36. The molecule has 3 heterocycles. The van der Waals surface area contributed by atoms with Crippen molar-refractivity contribution in [3.05, 3.63) is 30.4 Å². The van der Waals surface area contributed by atoms with Crippen LogP contribution < -0.4 is 21.3 Å². The van der Waals surface area contributed by atoms with E-state index in [0.717, 1.165) is 38.2 Å². The van der Waals surface area contributed by atoms with Gasteiger partial charge in [-0.15, -0.1) is 0 Å². The number of nitrogens with one attached hydrogen (secondary N) is 4. The van der Waals surface area contributed by atoms with Gasteiger partial charge >= 0.3 is 0 Å². The molecule has 4 N–H and O–H groups in total. The lowest BCUT2D eigenvalue weighted by Crippen LogP contribution is -2.31. The van der Waals surface area contributed by atoms with Crippen molar-refractivity contribution in [1.82, 2.24) is 20.3 Å². The number of pyridine rings is 1. The first kappa shape index (κ1) is 18.5. The fraction of sp³-hybridized carbons (Fsp3) is 0.389. The van der Waals surface area contributed by atoms with E-state index in [0.29, 0.717) is 23.2 Å². The quantitative estimate of drug-likeness (QED) is 0.610. The van der Waals surface area contributed by atoms with E-state index in [1.165, 1.54) is 19.3 Å². The summed E-state index contributed by atoms with van der Waals surface area (Å²) < 4.78 is 0. The van der Waals surface area contributed by atoms with Gasteiger partial charge in [-0.1, -0.05) is 0 Å². The third kappa shape index (κ3) is 5.36. The van der Waals surface area contributed by atoms with Crippen LogP contribution in [0.1, 0.15) is 25.5 Å². The Morgan fingerprint density at radius 2 is 1.96 bits per heavy atom. The van der Waals surface area contributed by atoms with Crippen molar-refractivity contribution in [3.8, 4) is 6.07 Å². The topological polar surface area (TPSA) is 128 Å². The molecule has 1 aliphatic heterocycles. The van der Waals surface area contributed by atoms with E-state index < -0.39 is 0 Å². The largest absolute Gasteiger partial charge is 0.383 e. The summed E-state index contributed by atoms with van der Waals surface area (Å²) in [5.74, 6) is 1.49. The Hall–Kier alpha value is -3.25. The van der Waals surface area contributed by atoms with Crippen LogP contribution in [0.5, 0.6) is 0 Å². The molecule has 9 nitrogen and oxygen atoms in total. The van der Waals surface area contributed by atoms with Crippen LogP contribution in [0.25, 0.3) is 0 Å². The highest BCUT2D eigenvalue weighted by Gasteiger charge is 2.14. The molecule has 0 aromatic carbocycles. The molecule has 1 saturated heterocycles. The number of hydrogen-bond donors (Lipinski definition) is 4. The van der Waals surface area contributed by atoms with Gasteiger partial charge in [-0.2, -0.15) is 5.26 Å². The van der Waals surface area contributed by atoms with Crippen molar-refractivity contribution < 1.29 is 4.79 Å². The zero-order valence-electron chi connectivity index (χ0n) is 15.1. The Bertz CT molecular complexity index is 824. The third-order valence-corrected chi connectivity index (χ3v) is 4.28. The number of amides is 1. The molecule has 3 rings (SSSR count). The van der Waals surface area contributed by atoms with Crippen LogP contribution in [-0.4, -0.2) is 40.5 Å². The highest BCUT2D eigenvalue weighted by molar-refractivity contribution is 5.92. The van der Waals surface area contributed by atoms with Gasteiger partial charge in [-0.25, -0.2) is 15.0 Å². The van der Waals surface area contributed by atoms with Gasteiger partial charge in [0.15, 0.2) is 5.69 Å². The minimum absolute atomic E-state index is 0.152. The van der Waals surface area contributed by atoms with E-state index in [1.807, 2.05) is 12.1 Å². The number of carbonyl (C=O) groups excluding carboxylic acids is 1. The first-order chi connectivity index (χ1) is 13.1. The van der Waals surface area contributed by atoms with E-state index >= 15 is 0 Å². The van der Waals surface area contributed by atoms with Gasteiger partial charge in [0.25, 0.3) is 0 Å². The lowest BCUT2D eigenvalue weighted by atomic mass is 9.98. The van der Waals surface area contributed by atoms with Crippen LogP contribution in [0.2, 0.25) is 0 Å². The number of nitrogens with zero attached hydrogens (tertiary/aromatic N) is 4.